The van der Waals surface area contributed by atoms with Gasteiger partial charge in [0.05, 0.1) is 11.2 Å². The summed E-state index contributed by atoms with van der Waals surface area (Å²) in [6.45, 7) is 0. The Kier molecular flexibility index (Phi) is 2.47. The van der Waals surface area contributed by atoms with Crippen molar-refractivity contribution >= 4 is 33.4 Å². The van der Waals surface area contributed by atoms with Gasteiger partial charge in [-0.3, -0.25) is 0 Å². The molecule has 0 aliphatic heterocycles. The zero-order valence-electron chi connectivity index (χ0n) is 10.5. The first-order valence-electron chi connectivity index (χ1n) is 6.32. The average molecular weight is 280 g/mol. The molecule has 3 aromatic carbocycles. The fourth-order valence-electron chi connectivity index (χ4n) is 2.47. The van der Waals surface area contributed by atoms with Crippen LogP contribution in [0.25, 0.3) is 27.5 Å². The minimum absolute atomic E-state index is 0.734. The average Bonchev–Trinajstić information content (AvgIpc) is 2.90. The predicted molar refractivity (Wildman–Crippen MR) is 81.4 cm³/mol. The molecule has 0 N–H and O–H groups in total. The number of halogens is 1. The third-order valence-corrected chi connectivity index (χ3v) is 3.63. The molecule has 0 atom stereocenters. The highest BCUT2D eigenvalue weighted by Crippen LogP contribution is 2.26. The molecule has 20 heavy (non-hydrogen) atoms. The van der Waals surface area contributed by atoms with E-state index in [-0.39, 0.29) is 0 Å². The maximum Gasteiger partial charge on any atom is 0.113 e. The van der Waals surface area contributed by atoms with Crippen LogP contribution < -0.4 is 0 Å². The Hall–Kier alpha value is -2.39. The maximum atomic E-state index is 6.06. The van der Waals surface area contributed by atoms with E-state index >= 15 is 0 Å². The largest absolute Gasteiger partial charge is 0.212 e. The van der Waals surface area contributed by atoms with Crippen molar-refractivity contribution in [2.75, 3.05) is 0 Å². The number of hydrogen-bond acceptors (Lipinski definition) is 2. The number of para-hydroxylation sites is 1. The van der Waals surface area contributed by atoms with Crippen LogP contribution in [-0.4, -0.2) is 15.0 Å². The molecule has 0 aliphatic carbocycles. The summed E-state index contributed by atoms with van der Waals surface area (Å²) in [7, 11) is 0. The smallest absolute Gasteiger partial charge is 0.113 e. The first-order chi connectivity index (χ1) is 9.83. The van der Waals surface area contributed by atoms with E-state index in [4.69, 9.17) is 11.6 Å². The van der Waals surface area contributed by atoms with E-state index in [1.54, 1.807) is 0 Å². The molecule has 1 heterocycles. The van der Waals surface area contributed by atoms with Gasteiger partial charge in [-0.15, -0.1) is 5.10 Å². The summed E-state index contributed by atoms with van der Waals surface area (Å²) < 4.78 is 1.87. The summed E-state index contributed by atoms with van der Waals surface area (Å²) in [6.07, 6.45) is 0. The lowest BCUT2D eigenvalue weighted by Gasteiger charge is -2.07. The van der Waals surface area contributed by atoms with Crippen LogP contribution in [0.2, 0.25) is 5.02 Å². The summed E-state index contributed by atoms with van der Waals surface area (Å²) in [6, 6.07) is 19.9. The van der Waals surface area contributed by atoms with Crippen molar-refractivity contribution in [1.29, 1.82) is 0 Å². The molecule has 0 aliphatic rings. The lowest BCUT2D eigenvalue weighted by Crippen LogP contribution is -1.97. The third-order valence-electron chi connectivity index (χ3n) is 3.40. The van der Waals surface area contributed by atoms with Crippen molar-refractivity contribution in [2.45, 2.75) is 0 Å². The Morgan fingerprint density at radius 2 is 1.80 bits per heavy atom. The van der Waals surface area contributed by atoms with Crippen LogP contribution in [-0.2, 0) is 0 Å². The molecule has 96 valence electrons. The van der Waals surface area contributed by atoms with Crippen LogP contribution in [0.3, 0.4) is 0 Å². The van der Waals surface area contributed by atoms with Crippen molar-refractivity contribution in [3.05, 3.63) is 65.7 Å². The van der Waals surface area contributed by atoms with E-state index in [1.165, 1.54) is 0 Å². The molecule has 0 radical (unpaired) electrons. The van der Waals surface area contributed by atoms with Gasteiger partial charge in [0.25, 0.3) is 0 Å². The summed E-state index contributed by atoms with van der Waals surface area (Å²) in [5.41, 5.74) is 2.89. The molecule has 0 bridgehead atoms. The Balaban J connectivity index is 2.07. The van der Waals surface area contributed by atoms with E-state index in [9.17, 15) is 0 Å². The molecule has 0 unspecified atom stereocenters. The van der Waals surface area contributed by atoms with Gasteiger partial charge >= 0.3 is 0 Å². The van der Waals surface area contributed by atoms with E-state index in [1.807, 2.05) is 65.3 Å². The van der Waals surface area contributed by atoms with Crippen molar-refractivity contribution < 1.29 is 0 Å². The second-order valence-electron chi connectivity index (χ2n) is 4.63. The monoisotopic (exact) mass is 279 g/mol. The van der Waals surface area contributed by atoms with E-state index in [0.717, 1.165) is 32.5 Å². The molecule has 1 aromatic heterocycles. The first kappa shape index (κ1) is 11.4. The van der Waals surface area contributed by atoms with Crippen LogP contribution in [0.1, 0.15) is 0 Å². The van der Waals surface area contributed by atoms with Gasteiger partial charge in [-0.25, -0.2) is 4.68 Å². The summed E-state index contributed by atoms with van der Waals surface area (Å²) in [5, 5.41) is 11.4. The molecule has 0 fully saturated rings. The molecule has 0 saturated heterocycles. The van der Waals surface area contributed by atoms with E-state index in [2.05, 4.69) is 10.3 Å². The Morgan fingerprint density at radius 1 is 0.900 bits per heavy atom. The normalized spacial score (nSPS) is 11.2. The number of benzene rings is 3. The molecule has 4 rings (SSSR count). The molecular formula is C16H10ClN3. The minimum atomic E-state index is 0.734. The maximum absolute atomic E-state index is 6.06. The zero-order valence-corrected chi connectivity index (χ0v) is 11.2. The van der Waals surface area contributed by atoms with Gasteiger partial charge in [-0.2, -0.15) is 0 Å². The van der Waals surface area contributed by atoms with Gasteiger partial charge in [-0.05, 0) is 35.7 Å². The van der Waals surface area contributed by atoms with Crippen molar-refractivity contribution in [3.8, 4) is 5.69 Å². The van der Waals surface area contributed by atoms with Gasteiger partial charge in [0.1, 0.15) is 5.52 Å². The van der Waals surface area contributed by atoms with Gasteiger partial charge in [0.15, 0.2) is 0 Å². The van der Waals surface area contributed by atoms with Gasteiger partial charge in [0.2, 0.25) is 0 Å². The Morgan fingerprint density at radius 3 is 2.75 bits per heavy atom. The Labute approximate surface area is 120 Å². The first-order valence-corrected chi connectivity index (χ1v) is 6.70. The molecule has 0 saturated carbocycles. The molecule has 4 heteroatoms. The number of aromatic nitrogens is 3. The summed E-state index contributed by atoms with van der Waals surface area (Å²) in [5.74, 6) is 0. The topological polar surface area (TPSA) is 30.7 Å². The standard InChI is InChI=1S/C16H10ClN3/c17-12-8-9-13-11(10-12)4-3-7-15(13)20-16-6-2-1-5-14(16)18-19-20/h1-10H. The summed E-state index contributed by atoms with van der Waals surface area (Å²) >= 11 is 6.06. The Bertz CT molecular complexity index is 927. The highest BCUT2D eigenvalue weighted by atomic mass is 35.5. The number of fused-ring (bicyclic) bond motifs is 2. The molecule has 3 nitrogen and oxygen atoms in total. The molecule has 0 amide bonds. The van der Waals surface area contributed by atoms with Crippen LogP contribution in [0.15, 0.2) is 60.7 Å². The molecular weight excluding hydrogens is 270 g/mol. The quantitative estimate of drug-likeness (QED) is 0.522. The van der Waals surface area contributed by atoms with Crippen molar-refractivity contribution in [2.24, 2.45) is 0 Å². The highest BCUT2D eigenvalue weighted by Gasteiger charge is 2.09. The fraction of sp³-hybridized carbons (Fsp3) is 0. The van der Waals surface area contributed by atoms with Crippen molar-refractivity contribution in [1.82, 2.24) is 15.0 Å². The van der Waals surface area contributed by atoms with Crippen LogP contribution in [0, 0.1) is 0 Å². The number of hydrogen-bond donors (Lipinski definition) is 0. The van der Waals surface area contributed by atoms with E-state index < -0.39 is 0 Å². The lowest BCUT2D eigenvalue weighted by molar-refractivity contribution is 0.829. The molecule has 4 aromatic rings. The van der Waals surface area contributed by atoms with Gasteiger partial charge in [-0.1, -0.05) is 47.1 Å². The SMILES string of the molecule is Clc1ccc2c(-n3nnc4ccccc43)cccc2c1. The fourth-order valence-corrected chi connectivity index (χ4v) is 2.65. The number of rotatable bonds is 1. The second-order valence-corrected chi connectivity index (χ2v) is 5.07. The number of nitrogens with zero attached hydrogens (tertiary/aromatic N) is 3. The van der Waals surface area contributed by atoms with E-state index in [0.29, 0.717) is 0 Å². The second kappa shape index (κ2) is 4.32. The third kappa shape index (κ3) is 1.67. The summed E-state index contributed by atoms with van der Waals surface area (Å²) in [4.78, 5) is 0. The lowest BCUT2D eigenvalue weighted by atomic mass is 10.1. The molecule has 0 spiro atoms. The van der Waals surface area contributed by atoms with Gasteiger partial charge < -0.3 is 0 Å². The van der Waals surface area contributed by atoms with Crippen LogP contribution >= 0.6 is 11.6 Å². The van der Waals surface area contributed by atoms with Crippen LogP contribution in [0.5, 0.6) is 0 Å². The highest BCUT2D eigenvalue weighted by molar-refractivity contribution is 6.31. The predicted octanol–water partition coefficient (Wildman–Crippen LogP) is 4.23. The van der Waals surface area contributed by atoms with Crippen LogP contribution in [0.4, 0.5) is 0 Å². The van der Waals surface area contributed by atoms with Gasteiger partial charge in [0, 0.05) is 10.4 Å². The minimum Gasteiger partial charge on any atom is -0.212 e. The van der Waals surface area contributed by atoms with Crippen molar-refractivity contribution in [3.63, 3.8) is 0 Å². The zero-order chi connectivity index (χ0) is 13.5.